The summed E-state index contributed by atoms with van der Waals surface area (Å²) in [5, 5.41) is 78.6. The minimum absolute atomic E-state index is 0.525. The van der Waals surface area contributed by atoms with E-state index in [1.807, 2.05) is 60.7 Å². The number of hydrogen-bond donors (Lipinski definition) is 5. The fourth-order valence-electron chi connectivity index (χ4n) is 21.0. The van der Waals surface area contributed by atoms with Gasteiger partial charge in [0.05, 0.1) is 0 Å². The van der Waals surface area contributed by atoms with Crippen LogP contribution in [0.1, 0.15) is 0 Å². The van der Waals surface area contributed by atoms with E-state index in [0.717, 1.165) is 35.0 Å². The molecule has 0 aliphatic rings. The second kappa shape index (κ2) is 42.6. The number of fused-ring (bicyclic) bond motifs is 23. The molecule has 0 aromatic heterocycles. The first-order valence-corrected chi connectivity index (χ1v) is 51.3. The Bertz CT molecular complexity index is 9880. The van der Waals surface area contributed by atoms with E-state index in [2.05, 4.69) is 503 Å². The van der Waals surface area contributed by atoms with Crippen molar-refractivity contribution in [1.29, 1.82) is 0 Å². The zero-order valence-corrected chi connectivity index (χ0v) is 84.8. The van der Waals surface area contributed by atoms with Gasteiger partial charge in [-0.1, -0.05) is 465 Å². The topological polar surface area (TPSA) is 93.3 Å². The molecule has 0 bridgehead atoms. The number of rotatable bonds is 7. The molecule has 28 aromatic carbocycles. The van der Waals surface area contributed by atoms with Crippen LogP contribution >= 0.6 is 60.6 Å². The van der Waals surface area contributed by atoms with Crippen LogP contribution in [0.15, 0.2) is 533 Å². The summed E-state index contributed by atoms with van der Waals surface area (Å²) in [4.78, 5) is 0. The van der Waals surface area contributed by atoms with Gasteiger partial charge in [0.2, 0.25) is 0 Å². The molecule has 0 aliphatic carbocycles. The van der Waals surface area contributed by atoms with Crippen molar-refractivity contribution < 1.29 is 20.1 Å². The van der Waals surface area contributed by atoms with Crippen molar-refractivity contribution in [1.82, 2.24) is 0 Å². The summed E-state index contributed by atoms with van der Waals surface area (Å²) in [6.07, 6.45) is 0. The first-order chi connectivity index (χ1) is 71.8. The van der Waals surface area contributed by atoms with Crippen molar-refractivity contribution in [3.63, 3.8) is 0 Å². The summed E-state index contributed by atoms with van der Waals surface area (Å²) in [5.41, 5.74) is 13.6. The molecule has 0 heterocycles. The van der Waals surface area contributed by atoms with E-state index in [1.165, 1.54) is 217 Å². The van der Waals surface area contributed by atoms with Gasteiger partial charge in [-0.3, -0.25) is 0 Å². The molecular formula is C134H90B3Br3NO4S. The molecule has 1 radical (unpaired) electrons. The Kier molecular flexibility index (Phi) is 27.8. The summed E-state index contributed by atoms with van der Waals surface area (Å²) in [6.45, 7) is 0. The smallest absolute Gasteiger partial charge is 0.00197 e. The van der Waals surface area contributed by atoms with Crippen molar-refractivity contribution in [3.8, 4) is 55.6 Å². The molecule has 0 aliphatic heterocycles. The van der Waals surface area contributed by atoms with Crippen LogP contribution in [0.4, 0.5) is 0 Å². The molecule has 691 valence electrons. The van der Waals surface area contributed by atoms with Gasteiger partial charge in [-0.15, -0.1) is 0 Å². The number of benzene rings is 28. The third-order valence-corrected chi connectivity index (χ3v) is 30.0. The van der Waals surface area contributed by atoms with Crippen molar-refractivity contribution in [2.45, 2.75) is 0 Å². The van der Waals surface area contributed by atoms with Crippen molar-refractivity contribution >= 4 is 277 Å². The van der Waals surface area contributed by atoms with Crippen LogP contribution < -0.4 is 10.9 Å². The molecule has 0 saturated carbocycles. The number of nitrogens with zero attached hydrogens (tertiary/aromatic N) is 1. The Balaban J connectivity index is 0.000000111. The van der Waals surface area contributed by atoms with Gasteiger partial charge >= 0.3 is 39.0 Å². The molecule has 0 spiro atoms. The average molecular weight is 2080 g/mol. The Morgan fingerprint density at radius 1 is 0.185 bits per heavy atom. The van der Waals surface area contributed by atoms with Crippen LogP contribution in [0.3, 0.4) is 0 Å². The van der Waals surface area contributed by atoms with Gasteiger partial charge < -0.3 is 20.1 Å². The van der Waals surface area contributed by atoms with Gasteiger partial charge in [0.1, 0.15) is 0 Å². The Morgan fingerprint density at radius 2 is 0.452 bits per heavy atom. The molecule has 5 nitrogen and oxygen atoms in total. The van der Waals surface area contributed by atoms with E-state index >= 15 is 0 Å². The number of halogens is 3. The molecule has 28 aromatic rings. The predicted octanol–water partition coefficient (Wildman–Crippen LogP) is 35.9. The Hall–Kier alpha value is -15.8. The fourth-order valence-corrected chi connectivity index (χ4v) is 22.8. The molecule has 0 unspecified atom stereocenters. The largest absolute Gasteiger partial charge is 0.0622 e. The van der Waals surface area contributed by atoms with E-state index in [0.29, 0.717) is 10.9 Å². The zero-order chi connectivity index (χ0) is 99.3. The van der Waals surface area contributed by atoms with Crippen LogP contribution in [0.2, 0.25) is 0 Å². The van der Waals surface area contributed by atoms with Gasteiger partial charge in [0.25, 0.3) is 0 Å². The quantitative estimate of drug-likeness (QED) is 0.0476. The summed E-state index contributed by atoms with van der Waals surface area (Å²) < 4.78 is 6.13. The molecule has 4 N–H and O–H groups in total. The van der Waals surface area contributed by atoms with Crippen LogP contribution in [-0.2, 0) is 0 Å². The van der Waals surface area contributed by atoms with Gasteiger partial charge in [-0.2, -0.15) is 0 Å². The Labute approximate surface area is 878 Å². The molecule has 0 saturated heterocycles. The SMILES string of the molecule is Brc1c2ccccc2c(Br)c2cc(-c3ccccc3)ccc12.Brc1ccc2cc3ccccc3cc2c1.OB(O)c1cc2ccc3ccccc3c2c2ccccc12.OB(O)c1ccccc1.[B]=NS.c1ccc(-c2ccc3c(-c4cc5ccc6ccccc6c5c5ccccc45)c4ccccc4c(-c4cc5ccc6ccccc6c5c5ccccc45)c3c2)cc1.c1ccc(-c2ccc3cc4ccccc4cc3c2)cc1. The molecule has 0 atom stereocenters. The molecule has 146 heavy (non-hydrogen) atoms. The van der Waals surface area contributed by atoms with Crippen LogP contribution in [-0.4, -0.2) is 42.0 Å². The van der Waals surface area contributed by atoms with Gasteiger partial charge in [-0.25, -0.2) is 0 Å². The van der Waals surface area contributed by atoms with E-state index in [1.54, 1.807) is 24.3 Å². The fraction of sp³-hybridized carbons (Fsp3) is 0. The van der Waals surface area contributed by atoms with Crippen LogP contribution in [0.25, 0.3) is 239 Å². The monoisotopic (exact) mass is 2080 g/mol. The summed E-state index contributed by atoms with van der Waals surface area (Å²) in [6, 6.07) is 183. The number of thiol groups is 1. The minimum atomic E-state index is -1.47. The van der Waals surface area contributed by atoms with E-state index in [4.69, 9.17) is 10.0 Å². The first kappa shape index (κ1) is 95.1. The average Bonchev–Trinajstić information content (AvgIpc) is 0.706. The summed E-state index contributed by atoms with van der Waals surface area (Å²) in [7, 11) is 1.53. The van der Waals surface area contributed by atoms with Crippen molar-refractivity contribution in [2.24, 2.45) is 4.30 Å². The van der Waals surface area contributed by atoms with E-state index < -0.39 is 14.2 Å². The first-order valence-electron chi connectivity index (χ1n) is 48.5. The summed E-state index contributed by atoms with van der Waals surface area (Å²) >= 11 is 14.3. The molecule has 28 rings (SSSR count). The number of hydrogen-bond acceptors (Lipinski definition) is 6. The van der Waals surface area contributed by atoms with Gasteiger partial charge in [-0.05, 0) is 348 Å². The zero-order valence-electron chi connectivity index (χ0n) is 79.1. The second-order valence-electron chi connectivity index (χ2n) is 36.4. The standard InChI is InChI=1S/C56H34.C20H12Br2.C20H14.C18H13BO2.C14H9Br.C6H7BO2.BHNS/c1-2-14-35(15-3-1)38-30-31-49-52(32-38)56(51-34-40-29-27-37-17-5-7-19-42(37)54(40)46-23-11-9-21-44(46)51)48-25-13-12-24-47(48)55(49)50-33-39-28-26-36-16-4-6-18-41(36)53(39)45-22-10-8-20-43(45)50;21-19-15-8-4-5-9-16(15)20(22)18-12-14(10-11-17(18)19)13-6-2-1-3-7-13;1-2-6-15(7-3-1)18-10-11-19-12-16-8-4-5-9-17(16)13-20(19)14-18;20-19(21)17-11-13-10-9-12-5-1-2-6-14(12)18(13)16-8-4-3-7-15(16)17;15-14-6-5-12-7-10-3-1-2-4-11(10)8-13(12)9-14;8-7(9)6-4-2-1-3-5-6;1-2-3/h1-34H;1-12H;1-14H;1-11,20-21H;1-9H;1-5,8-9H;3H. The predicted molar refractivity (Wildman–Crippen MR) is 643 cm³/mol. The van der Waals surface area contributed by atoms with E-state index in [-0.39, 0.29) is 0 Å². The maximum Gasteiger partial charge on any atom is -0.00197 e. The van der Waals surface area contributed by atoms with Crippen LogP contribution in [0.5, 0.6) is 0 Å². The molecular weight excluding hydrogens is 1990 g/mol. The molecule has 12 heteroatoms. The second-order valence-corrected chi connectivity index (χ2v) is 39.2. The normalized spacial score (nSPS) is 11.2. The third kappa shape index (κ3) is 19.1. The van der Waals surface area contributed by atoms with Crippen molar-refractivity contribution in [2.75, 3.05) is 0 Å². The van der Waals surface area contributed by atoms with Crippen molar-refractivity contribution in [3.05, 3.63) is 529 Å². The van der Waals surface area contributed by atoms with Gasteiger partial charge in [0, 0.05) is 13.4 Å². The van der Waals surface area contributed by atoms with Crippen LogP contribution in [0, 0.1) is 0 Å². The molecule has 0 fully saturated rings. The molecule has 0 amide bonds. The maximum absolute atomic E-state index is 9.65. The third-order valence-electron chi connectivity index (χ3n) is 27.8. The maximum atomic E-state index is 9.65. The minimum Gasteiger partial charge on any atom is -0.0622 e. The van der Waals surface area contributed by atoms with E-state index in [9.17, 15) is 10.0 Å². The Morgan fingerprint density at radius 3 is 0.870 bits per heavy atom. The van der Waals surface area contributed by atoms with Gasteiger partial charge in [0.15, 0.2) is 0 Å². The summed E-state index contributed by atoms with van der Waals surface area (Å²) in [5.74, 6) is 0.